The molecule has 1 aromatic rings. The van der Waals surface area contributed by atoms with Gasteiger partial charge in [-0.15, -0.1) is 0 Å². The molecule has 0 aliphatic heterocycles. The fourth-order valence-electron chi connectivity index (χ4n) is 0.891. The van der Waals surface area contributed by atoms with Crippen LogP contribution in [-0.2, 0) is 0 Å². The molecule has 0 bridgehead atoms. The van der Waals surface area contributed by atoms with Gasteiger partial charge in [0.25, 0.3) is 0 Å². The van der Waals surface area contributed by atoms with Crippen molar-refractivity contribution in [3.8, 4) is 0 Å². The second-order valence-electron chi connectivity index (χ2n) is 2.59. The van der Waals surface area contributed by atoms with Crippen LogP contribution in [0.2, 0.25) is 0 Å². The van der Waals surface area contributed by atoms with Crippen molar-refractivity contribution >= 4 is 23.1 Å². The van der Waals surface area contributed by atoms with E-state index in [1.165, 1.54) is 16.7 Å². The van der Waals surface area contributed by atoms with E-state index in [9.17, 15) is 0 Å². The van der Waals surface area contributed by atoms with Gasteiger partial charge in [-0.2, -0.15) is 0 Å². The summed E-state index contributed by atoms with van der Waals surface area (Å²) in [5, 5.41) is 0. The minimum atomic E-state index is 0. The summed E-state index contributed by atoms with van der Waals surface area (Å²) >= 11 is 0. The van der Waals surface area contributed by atoms with E-state index in [0.29, 0.717) is 0 Å². The second-order valence-corrected chi connectivity index (χ2v) is 2.59. The number of hydrogen-bond acceptors (Lipinski definition) is 0. The predicted molar refractivity (Wildman–Crippen MR) is 48.6 cm³/mol. The summed E-state index contributed by atoms with van der Waals surface area (Å²) in [5.41, 5.74) is 4.11. The van der Waals surface area contributed by atoms with Gasteiger partial charge >= 0.3 is 23.1 Å². The van der Waals surface area contributed by atoms with Crippen LogP contribution in [0.15, 0.2) is 18.2 Å². The van der Waals surface area contributed by atoms with E-state index in [1.54, 1.807) is 0 Å². The monoisotopic (exact) mass is 146 g/mol. The smallest absolute Gasteiger partial charge is 1.00 e. The van der Waals surface area contributed by atoms with Crippen LogP contribution in [0, 0.1) is 20.8 Å². The van der Waals surface area contributed by atoms with Crippen LogP contribution in [0.4, 0.5) is 0 Å². The first-order valence-electron chi connectivity index (χ1n) is 3.24. The average Bonchev–Trinajstić information content (AvgIpc) is 1.80. The van der Waals surface area contributed by atoms with Crippen molar-refractivity contribution in [2.75, 3.05) is 0 Å². The van der Waals surface area contributed by atoms with E-state index in [0.717, 1.165) is 0 Å². The molecule has 1 heteroatoms. The Morgan fingerprint density at radius 3 is 2.00 bits per heavy atom. The predicted octanol–water partition coefficient (Wildman–Crippen LogP) is 2.46. The third-order valence-corrected chi connectivity index (χ3v) is 1.66. The molecule has 0 spiro atoms. The van der Waals surface area contributed by atoms with Crippen LogP contribution in [-0.4, -0.2) is 23.1 Å². The van der Waals surface area contributed by atoms with Crippen molar-refractivity contribution in [1.29, 1.82) is 0 Å². The normalized spacial score (nSPS) is 8.70. The van der Waals surface area contributed by atoms with Crippen molar-refractivity contribution in [3.05, 3.63) is 34.9 Å². The van der Waals surface area contributed by atoms with Crippen molar-refractivity contribution in [1.82, 2.24) is 0 Å². The zero-order valence-electron chi connectivity index (χ0n) is 8.94. The van der Waals surface area contributed by atoms with E-state index < -0.39 is 0 Å². The van der Waals surface area contributed by atoms with Crippen LogP contribution >= 0.6 is 0 Å². The first-order chi connectivity index (χ1) is 4.20. The van der Waals surface area contributed by atoms with Gasteiger partial charge in [0, 0.05) is 0 Å². The summed E-state index contributed by atoms with van der Waals surface area (Å²) in [6.07, 6.45) is 0. The van der Waals surface area contributed by atoms with Gasteiger partial charge in [-0.25, -0.2) is 0 Å². The molecule has 0 aromatic heterocycles. The summed E-state index contributed by atoms with van der Waals surface area (Å²) in [7, 11) is 0. The van der Waals surface area contributed by atoms with Crippen LogP contribution in [0.5, 0.6) is 0 Å². The molecule has 1 rings (SSSR count). The summed E-state index contributed by atoms with van der Waals surface area (Å²) in [6.45, 7) is 6.39. The molecule has 0 heterocycles. The Balaban J connectivity index is -0.000000270. The summed E-state index contributed by atoms with van der Waals surface area (Å²) in [5.74, 6) is 0. The van der Waals surface area contributed by atoms with Crippen LogP contribution in [0.3, 0.4) is 0 Å². The molecule has 0 atom stereocenters. The van der Waals surface area contributed by atoms with Crippen molar-refractivity contribution in [2.45, 2.75) is 20.8 Å². The maximum Gasteiger partial charge on any atom is 2.00 e. The molecule has 0 fully saturated rings. The van der Waals surface area contributed by atoms with E-state index in [-0.39, 0.29) is 25.9 Å². The van der Waals surface area contributed by atoms with Crippen molar-refractivity contribution in [3.63, 3.8) is 0 Å². The van der Waals surface area contributed by atoms with Gasteiger partial charge in [-0.1, -0.05) is 23.8 Å². The molecule has 0 saturated carbocycles. The topological polar surface area (TPSA) is 0 Å². The largest absolute Gasteiger partial charge is 2.00 e. The Bertz CT molecular complexity index is 224. The molecule has 0 amide bonds. The molecular weight excluding hydrogens is 132 g/mol. The van der Waals surface area contributed by atoms with E-state index in [1.807, 2.05) is 0 Å². The summed E-state index contributed by atoms with van der Waals surface area (Å²) < 4.78 is 0. The molecule has 0 aliphatic rings. The molecule has 0 aliphatic carbocycles. The zero-order valence-corrected chi connectivity index (χ0v) is 8.35. The van der Waals surface area contributed by atoms with Gasteiger partial charge in [-0.3, -0.25) is 0 Å². The third-order valence-electron chi connectivity index (χ3n) is 1.66. The molecule has 0 saturated heterocycles. The fourth-order valence-corrected chi connectivity index (χ4v) is 0.891. The number of rotatable bonds is 0. The minimum Gasteiger partial charge on any atom is -1.00 e. The Morgan fingerprint density at radius 1 is 1.00 bits per heavy atom. The van der Waals surface area contributed by atoms with Crippen LogP contribution in [0.25, 0.3) is 0 Å². The van der Waals surface area contributed by atoms with E-state index >= 15 is 0 Å². The second kappa shape index (κ2) is 3.99. The quantitative estimate of drug-likeness (QED) is 0.493. The maximum absolute atomic E-state index is 2.20. The van der Waals surface area contributed by atoms with Gasteiger partial charge in [0.1, 0.15) is 0 Å². The Hall–Kier alpha value is -0.0138. The third kappa shape index (κ3) is 2.31. The van der Waals surface area contributed by atoms with E-state index in [2.05, 4.69) is 39.0 Å². The number of benzene rings is 1. The van der Waals surface area contributed by atoms with E-state index in [4.69, 9.17) is 0 Å². The summed E-state index contributed by atoms with van der Waals surface area (Å²) in [6, 6.07) is 6.50. The molecule has 10 heavy (non-hydrogen) atoms. The van der Waals surface area contributed by atoms with Gasteiger partial charge in [-0.05, 0) is 31.9 Å². The molecule has 0 radical (unpaired) electrons. The first-order valence-corrected chi connectivity index (χ1v) is 3.24. The standard InChI is InChI=1S/C9H12.Mg.2H/c1-7-4-5-8(2)9(3)6-7;;;/h4-6H,1-3H3;;;/q;+2;2*-1. The first kappa shape index (κ1) is 9.99. The van der Waals surface area contributed by atoms with Gasteiger partial charge in [0.15, 0.2) is 0 Å². The molecule has 0 nitrogen and oxygen atoms in total. The van der Waals surface area contributed by atoms with Gasteiger partial charge in [0.2, 0.25) is 0 Å². The van der Waals surface area contributed by atoms with Crippen LogP contribution < -0.4 is 0 Å². The fraction of sp³-hybridized carbons (Fsp3) is 0.333. The molecule has 52 valence electrons. The average molecular weight is 147 g/mol. The Kier molecular flexibility index (Phi) is 3.98. The molecular formula is C9H14Mg. The minimum absolute atomic E-state index is 0. The summed E-state index contributed by atoms with van der Waals surface area (Å²) in [4.78, 5) is 0. The van der Waals surface area contributed by atoms with Crippen molar-refractivity contribution in [2.24, 2.45) is 0 Å². The molecule has 1 aromatic carbocycles. The van der Waals surface area contributed by atoms with Gasteiger partial charge < -0.3 is 2.85 Å². The maximum atomic E-state index is 2.20. The zero-order chi connectivity index (χ0) is 6.85. The molecule has 0 N–H and O–H groups in total. The Labute approximate surface area is 81.8 Å². The molecule has 0 unspecified atom stereocenters. The Morgan fingerprint density at radius 2 is 1.60 bits per heavy atom. The number of hydrogen-bond donors (Lipinski definition) is 0. The van der Waals surface area contributed by atoms with Crippen molar-refractivity contribution < 1.29 is 2.85 Å². The van der Waals surface area contributed by atoms with Crippen LogP contribution in [0.1, 0.15) is 19.5 Å². The SMILES string of the molecule is Cc1ccc(C)c(C)c1.[H-].[H-].[Mg+2]. The van der Waals surface area contributed by atoms with Gasteiger partial charge in [0.05, 0.1) is 0 Å². The number of aryl methyl sites for hydroxylation is 3.